The molecule has 1 fully saturated rings. The molecule has 0 amide bonds. The molecule has 1 saturated heterocycles. The van der Waals surface area contributed by atoms with Gasteiger partial charge >= 0.3 is 6.01 Å². The Bertz CT molecular complexity index is 907. The zero-order valence-corrected chi connectivity index (χ0v) is 14.3. The second-order valence-corrected chi connectivity index (χ2v) is 7.62. The number of nitro benzene ring substituents is 1. The fourth-order valence-electron chi connectivity index (χ4n) is 2.64. The molecule has 2 aromatic rings. The Balaban J connectivity index is 1.76. The normalized spacial score (nSPS) is 18.4. The van der Waals surface area contributed by atoms with Crippen molar-refractivity contribution in [2.45, 2.75) is 23.8 Å². The van der Waals surface area contributed by atoms with Crippen molar-refractivity contribution in [2.75, 3.05) is 13.1 Å². The van der Waals surface area contributed by atoms with E-state index < -0.39 is 26.9 Å². The van der Waals surface area contributed by atoms with Crippen LogP contribution in [0.1, 0.15) is 12.8 Å². The first-order chi connectivity index (χ1) is 12.4. The van der Waals surface area contributed by atoms with Crippen LogP contribution in [0.3, 0.4) is 0 Å². The molecule has 26 heavy (non-hydrogen) atoms. The fraction of sp³-hybridized carbons (Fsp3) is 0.333. The van der Waals surface area contributed by atoms with Crippen molar-refractivity contribution in [2.24, 2.45) is 0 Å². The van der Waals surface area contributed by atoms with Crippen molar-refractivity contribution >= 4 is 15.7 Å². The van der Waals surface area contributed by atoms with Crippen LogP contribution in [0.4, 0.5) is 10.1 Å². The van der Waals surface area contributed by atoms with Gasteiger partial charge in [-0.2, -0.15) is 4.31 Å². The van der Waals surface area contributed by atoms with Crippen LogP contribution in [0.2, 0.25) is 0 Å². The number of benzene rings is 1. The lowest BCUT2D eigenvalue weighted by atomic mass is 10.1. The minimum atomic E-state index is -3.90. The van der Waals surface area contributed by atoms with Gasteiger partial charge in [0.1, 0.15) is 6.10 Å². The smallest absolute Gasteiger partial charge is 0.316 e. The molecular formula is C15H15FN4O5S. The van der Waals surface area contributed by atoms with Gasteiger partial charge in [-0.05, 0) is 18.9 Å². The lowest BCUT2D eigenvalue weighted by Crippen LogP contribution is -2.44. The van der Waals surface area contributed by atoms with Crippen molar-refractivity contribution in [1.82, 2.24) is 14.3 Å². The lowest BCUT2D eigenvalue weighted by Gasteiger charge is -2.31. The highest BCUT2D eigenvalue weighted by Crippen LogP contribution is 2.25. The number of nitro groups is 1. The Labute approximate surface area is 148 Å². The van der Waals surface area contributed by atoms with E-state index in [0.29, 0.717) is 12.8 Å². The zero-order valence-electron chi connectivity index (χ0n) is 13.5. The number of piperidine rings is 1. The number of ether oxygens (including phenoxy) is 1. The van der Waals surface area contributed by atoms with E-state index in [4.69, 9.17) is 4.74 Å². The average molecular weight is 382 g/mol. The number of rotatable bonds is 5. The first-order valence-electron chi connectivity index (χ1n) is 7.75. The molecule has 1 aromatic carbocycles. The molecule has 1 aliphatic heterocycles. The number of hydrogen-bond donors (Lipinski definition) is 0. The van der Waals surface area contributed by atoms with Crippen LogP contribution in [0.25, 0.3) is 0 Å². The molecule has 11 heteroatoms. The summed E-state index contributed by atoms with van der Waals surface area (Å²) in [5.41, 5.74) is -0.296. The van der Waals surface area contributed by atoms with E-state index >= 15 is 0 Å². The molecule has 0 aliphatic carbocycles. The average Bonchev–Trinajstić information content (AvgIpc) is 2.64. The minimum Gasteiger partial charge on any atom is -0.459 e. The molecule has 1 aromatic heterocycles. The van der Waals surface area contributed by atoms with Crippen LogP contribution in [-0.2, 0) is 10.0 Å². The molecule has 1 aliphatic rings. The van der Waals surface area contributed by atoms with Gasteiger partial charge in [0.15, 0.2) is 5.82 Å². The van der Waals surface area contributed by atoms with Crippen LogP contribution in [-0.4, -0.2) is 46.8 Å². The molecule has 0 spiro atoms. The molecule has 0 bridgehead atoms. The second kappa shape index (κ2) is 7.30. The molecule has 1 unspecified atom stereocenters. The summed E-state index contributed by atoms with van der Waals surface area (Å²) in [4.78, 5) is 17.5. The first kappa shape index (κ1) is 18.1. The number of sulfonamides is 1. The van der Waals surface area contributed by atoms with Crippen molar-refractivity contribution in [3.05, 3.63) is 52.6 Å². The van der Waals surface area contributed by atoms with Crippen LogP contribution in [0, 0.1) is 15.9 Å². The van der Waals surface area contributed by atoms with Gasteiger partial charge in [0.25, 0.3) is 5.69 Å². The third kappa shape index (κ3) is 3.94. The maximum atomic E-state index is 12.8. The highest BCUT2D eigenvalue weighted by molar-refractivity contribution is 7.89. The van der Waals surface area contributed by atoms with E-state index in [1.54, 1.807) is 0 Å². The van der Waals surface area contributed by atoms with Gasteiger partial charge < -0.3 is 4.74 Å². The van der Waals surface area contributed by atoms with Gasteiger partial charge in [0.05, 0.1) is 28.8 Å². The number of non-ortho nitro benzene ring substituents is 1. The lowest BCUT2D eigenvalue weighted by molar-refractivity contribution is -0.385. The number of nitrogens with zero attached hydrogens (tertiary/aromatic N) is 4. The minimum absolute atomic E-state index is 0.0361. The molecule has 9 nitrogen and oxygen atoms in total. The molecule has 0 saturated carbocycles. The summed E-state index contributed by atoms with van der Waals surface area (Å²) in [5.74, 6) is -0.601. The molecule has 0 N–H and O–H groups in total. The van der Waals surface area contributed by atoms with Crippen molar-refractivity contribution in [3.8, 4) is 6.01 Å². The van der Waals surface area contributed by atoms with Crippen LogP contribution in [0.5, 0.6) is 6.01 Å². The van der Waals surface area contributed by atoms with E-state index in [1.165, 1.54) is 22.5 Å². The Kier molecular flexibility index (Phi) is 5.09. The maximum Gasteiger partial charge on any atom is 0.316 e. The summed E-state index contributed by atoms with van der Waals surface area (Å²) in [6, 6.07) is 4.87. The van der Waals surface area contributed by atoms with Crippen LogP contribution < -0.4 is 4.74 Å². The monoisotopic (exact) mass is 382 g/mol. The zero-order chi connectivity index (χ0) is 18.7. The predicted molar refractivity (Wildman–Crippen MR) is 87.5 cm³/mol. The Morgan fingerprint density at radius 3 is 2.73 bits per heavy atom. The summed E-state index contributed by atoms with van der Waals surface area (Å²) in [7, 11) is -3.90. The van der Waals surface area contributed by atoms with Crippen LogP contribution in [0.15, 0.2) is 41.6 Å². The molecule has 2 heterocycles. The van der Waals surface area contributed by atoms with Gasteiger partial charge in [-0.3, -0.25) is 10.1 Å². The van der Waals surface area contributed by atoms with Crippen LogP contribution >= 0.6 is 0 Å². The van der Waals surface area contributed by atoms with E-state index in [1.807, 2.05) is 0 Å². The molecule has 3 rings (SSSR count). The Morgan fingerprint density at radius 2 is 2.04 bits per heavy atom. The molecule has 0 radical (unpaired) electrons. The van der Waals surface area contributed by atoms with Gasteiger partial charge in [-0.25, -0.2) is 22.8 Å². The van der Waals surface area contributed by atoms with Crippen molar-refractivity contribution in [1.29, 1.82) is 0 Å². The van der Waals surface area contributed by atoms with E-state index in [0.717, 1.165) is 18.5 Å². The van der Waals surface area contributed by atoms with Crippen molar-refractivity contribution < 1.29 is 22.5 Å². The van der Waals surface area contributed by atoms with Gasteiger partial charge in [-0.15, -0.1) is 0 Å². The number of halogens is 1. The standard InChI is InChI=1S/C15H15FN4O5S/c16-11-8-17-15(18-9-11)25-13-4-2-6-19(10-13)26(23,24)14-5-1-3-12(7-14)20(21)22/h1,3,5,7-9,13H,2,4,6,10H2. The first-order valence-corrected chi connectivity index (χ1v) is 9.19. The predicted octanol–water partition coefficient (Wildman–Crippen LogP) is 1.76. The van der Waals surface area contributed by atoms with E-state index in [2.05, 4.69) is 9.97 Å². The molecule has 138 valence electrons. The third-order valence-corrected chi connectivity index (χ3v) is 5.74. The van der Waals surface area contributed by atoms with Gasteiger partial charge in [-0.1, -0.05) is 6.07 Å². The SMILES string of the molecule is O=[N+]([O-])c1cccc(S(=O)(=O)N2CCCC(Oc3ncc(F)cn3)C2)c1. The highest BCUT2D eigenvalue weighted by atomic mass is 32.2. The van der Waals surface area contributed by atoms with E-state index in [9.17, 15) is 22.9 Å². The summed E-state index contributed by atoms with van der Waals surface area (Å²) < 4.78 is 45.1. The summed E-state index contributed by atoms with van der Waals surface area (Å²) in [5, 5.41) is 10.9. The Morgan fingerprint density at radius 1 is 1.31 bits per heavy atom. The quantitative estimate of drug-likeness (QED) is 0.571. The third-order valence-electron chi connectivity index (χ3n) is 3.88. The number of hydrogen-bond acceptors (Lipinski definition) is 7. The largest absolute Gasteiger partial charge is 0.459 e. The molecule has 1 atom stereocenters. The maximum absolute atomic E-state index is 12.8. The molecular weight excluding hydrogens is 367 g/mol. The second-order valence-electron chi connectivity index (χ2n) is 5.68. The summed E-state index contributed by atoms with van der Waals surface area (Å²) in [6.07, 6.45) is 2.55. The van der Waals surface area contributed by atoms with Gasteiger partial charge in [0.2, 0.25) is 10.0 Å². The van der Waals surface area contributed by atoms with Crippen molar-refractivity contribution in [3.63, 3.8) is 0 Å². The van der Waals surface area contributed by atoms with E-state index in [-0.39, 0.29) is 29.7 Å². The van der Waals surface area contributed by atoms with Gasteiger partial charge in [0, 0.05) is 18.7 Å². The fourth-order valence-corrected chi connectivity index (χ4v) is 4.19. The summed E-state index contributed by atoms with van der Waals surface area (Å²) in [6.45, 7) is 0.320. The highest BCUT2D eigenvalue weighted by Gasteiger charge is 2.32. The summed E-state index contributed by atoms with van der Waals surface area (Å²) >= 11 is 0. The number of aromatic nitrogens is 2. The Hall–Kier alpha value is -2.66. The topological polar surface area (TPSA) is 116 Å².